The van der Waals surface area contributed by atoms with Crippen molar-refractivity contribution in [2.45, 2.75) is 6.92 Å². The van der Waals surface area contributed by atoms with Crippen LogP contribution in [0.2, 0.25) is 0 Å². The molecule has 2 rings (SSSR count). The molecule has 0 spiro atoms. The molecular formula is C17H19NO4. The highest BCUT2D eigenvalue weighted by atomic mass is 16.5. The molecule has 0 unspecified atom stereocenters. The monoisotopic (exact) mass is 301 g/mol. The molecule has 0 bridgehead atoms. The molecule has 0 fully saturated rings. The summed E-state index contributed by atoms with van der Waals surface area (Å²) in [6, 6.07) is 8.82. The molecule has 0 aromatic heterocycles. The molecule has 0 amide bonds. The third-order valence-corrected chi connectivity index (χ3v) is 3.19. The van der Waals surface area contributed by atoms with Crippen molar-refractivity contribution in [3.63, 3.8) is 0 Å². The molecule has 5 nitrogen and oxygen atoms in total. The minimum atomic E-state index is 0.182. The Kier molecular flexibility index (Phi) is 4.88. The maximum Gasteiger partial charge on any atom is 0.203 e. The van der Waals surface area contributed by atoms with Crippen LogP contribution in [0.1, 0.15) is 11.1 Å². The molecule has 116 valence electrons. The average Bonchev–Trinajstić information content (AvgIpc) is 2.54. The molecule has 0 aliphatic rings. The minimum absolute atomic E-state index is 0.182. The zero-order valence-corrected chi connectivity index (χ0v) is 13.1. The summed E-state index contributed by atoms with van der Waals surface area (Å²) in [4.78, 5) is 4.37. The fourth-order valence-corrected chi connectivity index (χ4v) is 2.06. The van der Waals surface area contributed by atoms with Crippen molar-refractivity contribution in [1.82, 2.24) is 0 Å². The van der Waals surface area contributed by atoms with Crippen LogP contribution in [-0.2, 0) is 0 Å². The summed E-state index contributed by atoms with van der Waals surface area (Å²) in [5.41, 5.74) is 2.33. The van der Waals surface area contributed by atoms with E-state index in [1.165, 1.54) is 0 Å². The Morgan fingerprint density at radius 1 is 0.955 bits per heavy atom. The fourth-order valence-electron chi connectivity index (χ4n) is 2.06. The average molecular weight is 301 g/mol. The number of hydrogen-bond donors (Lipinski definition) is 1. The molecule has 22 heavy (non-hydrogen) atoms. The zero-order valence-electron chi connectivity index (χ0n) is 13.1. The van der Waals surface area contributed by atoms with Gasteiger partial charge in [-0.15, -0.1) is 0 Å². The largest absolute Gasteiger partial charge is 0.507 e. The third-order valence-electron chi connectivity index (χ3n) is 3.19. The summed E-state index contributed by atoms with van der Waals surface area (Å²) in [5.74, 6) is 1.76. The second kappa shape index (κ2) is 6.85. The quantitative estimate of drug-likeness (QED) is 0.859. The number of aryl methyl sites for hydroxylation is 1. The molecule has 0 aliphatic heterocycles. The van der Waals surface area contributed by atoms with Gasteiger partial charge in [-0.2, -0.15) is 0 Å². The van der Waals surface area contributed by atoms with Crippen LogP contribution in [0.3, 0.4) is 0 Å². The summed E-state index contributed by atoms with van der Waals surface area (Å²) in [6.45, 7) is 1.95. The van der Waals surface area contributed by atoms with Crippen molar-refractivity contribution < 1.29 is 19.3 Å². The second-order valence-corrected chi connectivity index (χ2v) is 4.70. The van der Waals surface area contributed by atoms with E-state index in [1.54, 1.807) is 45.7 Å². The van der Waals surface area contributed by atoms with Gasteiger partial charge in [-0.3, -0.25) is 4.99 Å². The lowest BCUT2D eigenvalue weighted by atomic mass is 10.1. The van der Waals surface area contributed by atoms with Crippen LogP contribution in [0.5, 0.6) is 23.0 Å². The molecule has 0 aliphatic carbocycles. The lowest BCUT2D eigenvalue weighted by molar-refractivity contribution is 0.324. The first kappa shape index (κ1) is 15.7. The Morgan fingerprint density at radius 3 is 2.14 bits per heavy atom. The fraction of sp³-hybridized carbons (Fsp3) is 0.235. The van der Waals surface area contributed by atoms with E-state index in [0.717, 1.165) is 5.56 Å². The van der Waals surface area contributed by atoms with E-state index in [1.807, 2.05) is 19.1 Å². The summed E-state index contributed by atoms with van der Waals surface area (Å²) < 4.78 is 15.8. The van der Waals surface area contributed by atoms with Gasteiger partial charge in [0.15, 0.2) is 11.5 Å². The molecular weight excluding hydrogens is 282 g/mol. The first-order chi connectivity index (χ1) is 10.6. The summed E-state index contributed by atoms with van der Waals surface area (Å²) in [6.07, 6.45) is 1.60. The van der Waals surface area contributed by atoms with Gasteiger partial charge in [0.1, 0.15) is 5.75 Å². The van der Waals surface area contributed by atoms with E-state index >= 15 is 0 Å². The molecule has 2 aromatic carbocycles. The number of aliphatic imine (C=N–C) groups is 1. The molecule has 0 saturated heterocycles. The van der Waals surface area contributed by atoms with Gasteiger partial charge in [-0.05, 0) is 19.1 Å². The Labute approximate surface area is 129 Å². The maximum absolute atomic E-state index is 9.84. The van der Waals surface area contributed by atoms with Gasteiger partial charge in [0.2, 0.25) is 5.75 Å². The molecule has 0 atom stereocenters. The van der Waals surface area contributed by atoms with Gasteiger partial charge < -0.3 is 19.3 Å². The molecule has 0 saturated carbocycles. The first-order valence-corrected chi connectivity index (χ1v) is 6.72. The standard InChI is InChI=1S/C17H19NO4/c1-11-5-6-14(19)12(7-11)10-18-13-8-15(20-2)17(22-4)16(9-13)21-3/h5-10,19H,1-4H3. The highest BCUT2D eigenvalue weighted by Gasteiger charge is 2.12. The van der Waals surface area contributed by atoms with Crippen molar-refractivity contribution in [1.29, 1.82) is 0 Å². The Hall–Kier alpha value is -2.69. The van der Waals surface area contributed by atoms with Crippen LogP contribution in [0, 0.1) is 6.92 Å². The van der Waals surface area contributed by atoms with E-state index in [4.69, 9.17) is 14.2 Å². The van der Waals surface area contributed by atoms with Crippen molar-refractivity contribution >= 4 is 11.9 Å². The van der Waals surface area contributed by atoms with Gasteiger partial charge in [0.25, 0.3) is 0 Å². The second-order valence-electron chi connectivity index (χ2n) is 4.70. The van der Waals surface area contributed by atoms with Crippen LogP contribution in [0.25, 0.3) is 0 Å². The number of benzene rings is 2. The zero-order chi connectivity index (χ0) is 16.1. The highest BCUT2D eigenvalue weighted by Crippen LogP contribution is 2.40. The third kappa shape index (κ3) is 3.31. The van der Waals surface area contributed by atoms with E-state index < -0.39 is 0 Å². The highest BCUT2D eigenvalue weighted by molar-refractivity contribution is 5.86. The van der Waals surface area contributed by atoms with Crippen LogP contribution >= 0.6 is 0 Å². The predicted molar refractivity (Wildman–Crippen MR) is 86.2 cm³/mol. The molecule has 2 aromatic rings. The SMILES string of the molecule is COc1cc(N=Cc2cc(C)ccc2O)cc(OC)c1OC. The number of phenols is 1. The topological polar surface area (TPSA) is 60.3 Å². The van der Waals surface area contributed by atoms with Crippen molar-refractivity contribution in [2.75, 3.05) is 21.3 Å². The van der Waals surface area contributed by atoms with Gasteiger partial charge in [-0.25, -0.2) is 0 Å². The Balaban J connectivity index is 2.40. The number of rotatable bonds is 5. The number of nitrogens with zero attached hydrogens (tertiary/aromatic N) is 1. The van der Waals surface area contributed by atoms with Gasteiger partial charge in [0.05, 0.1) is 27.0 Å². The van der Waals surface area contributed by atoms with Crippen molar-refractivity contribution in [2.24, 2.45) is 4.99 Å². The van der Waals surface area contributed by atoms with Crippen molar-refractivity contribution in [3.05, 3.63) is 41.5 Å². The Bertz CT molecular complexity index is 670. The van der Waals surface area contributed by atoms with Crippen LogP contribution in [-0.4, -0.2) is 32.7 Å². The number of ether oxygens (including phenoxy) is 3. The summed E-state index contributed by atoms with van der Waals surface area (Å²) in [5, 5.41) is 9.84. The lowest BCUT2D eigenvalue weighted by Gasteiger charge is -2.12. The molecule has 1 N–H and O–H groups in total. The number of methoxy groups -OCH3 is 3. The van der Waals surface area contributed by atoms with E-state index in [0.29, 0.717) is 28.5 Å². The molecule has 5 heteroatoms. The van der Waals surface area contributed by atoms with E-state index in [9.17, 15) is 5.11 Å². The lowest BCUT2D eigenvalue weighted by Crippen LogP contribution is -1.94. The van der Waals surface area contributed by atoms with Crippen LogP contribution < -0.4 is 14.2 Å². The predicted octanol–water partition coefficient (Wildman–Crippen LogP) is 3.48. The number of phenolic OH excluding ortho intramolecular Hbond substituents is 1. The first-order valence-electron chi connectivity index (χ1n) is 6.72. The summed E-state index contributed by atoms with van der Waals surface area (Å²) in [7, 11) is 4.66. The van der Waals surface area contributed by atoms with Gasteiger partial charge in [-0.1, -0.05) is 11.6 Å². The Morgan fingerprint density at radius 2 is 1.59 bits per heavy atom. The minimum Gasteiger partial charge on any atom is -0.507 e. The van der Waals surface area contributed by atoms with Gasteiger partial charge in [0, 0.05) is 23.9 Å². The number of aromatic hydroxyl groups is 1. The van der Waals surface area contributed by atoms with E-state index in [-0.39, 0.29) is 5.75 Å². The molecule has 0 heterocycles. The van der Waals surface area contributed by atoms with Crippen molar-refractivity contribution in [3.8, 4) is 23.0 Å². The van der Waals surface area contributed by atoms with Gasteiger partial charge >= 0.3 is 0 Å². The molecule has 0 radical (unpaired) electrons. The van der Waals surface area contributed by atoms with Crippen LogP contribution in [0.15, 0.2) is 35.3 Å². The normalized spacial score (nSPS) is 10.7. The summed E-state index contributed by atoms with van der Waals surface area (Å²) >= 11 is 0. The smallest absolute Gasteiger partial charge is 0.203 e. The van der Waals surface area contributed by atoms with Crippen LogP contribution in [0.4, 0.5) is 5.69 Å². The number of hydrogen-bond acceptors (Lipinski definition) is 5. The van der Waals surface area contributed by atoms with E-state index in [2.05, 4.69) is 4.99 Å². The maximum atomic E-state index is 9.84.